The van der Waals surface area contributed by atoms with Gasteiger partial charge >= 0.3 is 5.97 Å². The van der Waals surface area contributed by atoms with Crippen LogP contribution < -0.4 is 4.74 Å². The molecule has 2 aliphatic rings. The second-order valence-electron chi connectivity index (χ2n) is 5.55. The van der Waals surface area contributed by atoms with Crippen LogP contribution in [0.15, 0.2) is 24.3 Å². The van der Waals surface area contributed by atoms with E-state index in [4.69, 9.17) is 9.47 Å². The molecular formula is C16H16F2O4. The zero-order valence-electron chi connectivity index (χ0n) is 12.1. The fourth-order valence-corrected chi connectivity index (χ4v) is 2.21. The maximum Gasteiger partial charge on any atom is 0.338 e. The van der Waals surface area contributed by atoms with E-state index < -0.39 is 18.5 Å². The lowest BCUT2D eigenvalue weighted by Gasteiger charge is -2.12. The third-order valence-electron chi connectivity index (χ3n) is 3.41. The highest BCUT2D eigenvalue weighted by molar-refractivity contribution is 6.18. The monoisotopic (exact) mass is 310 g/mol. The van der Waals surface area contributed by atoms with Crippen molar-refractivity contribution in [1.82, 2.24) is 0 Å². The summed E-state index contributed by atoms with van der Waals surface area (Å²) in [5.74, 6) is -3.15. The van der Waals surface area contributed by atoms with Gasteiger partial charge < -0.3 is 14.2 Å². The lowest BCUT2D eigenvalue weighted by atomic mass is 10.1. The smallest absolute Gasteiger partial charge is 0.338 e. The van der Waals surface area contributed by atoms with E-state index in [1.807, 2.05) is 12.1 Å². The Balaban J connectivity index is 1.68. The van der Waals surface area contributed by atoms with Crippen LogP contribution in [0.2, 0.25) is 0 Å². The van der Waals surface area contributed by atoms with Gasteiger partial charge in [-0.3, -0.25) is 0 Å². The van der Waals surface area contributed by atoms with Gasteiger partial charge in [0.2, 0.25) is 0 Å². The molecule has 1 unspecified atom stereocenters. The van der Waals surface area contributed by atoms with E-state index >= 15 is 0 Å². The summed E-state index contributed by atoms with van der Waals surface area (Å²) in [4.78, 5) is 12.0. The second kappa shape index (κ2) is 5.68. The average Bonchev–Trinajstić information content (AvgIpc) is 3.20. The molecule has 3 rings (SSSR count). The van der Waals surface area contributed by atoms with Gasteiger partial charge in [0.05, 0.1) is 12.2 Å². The molecule has 0 spiro atoms. The van der Waals surface area contributed by atoms with E-state index in [0.29, 0.717) is 43.4 Å². The quantitative estimate of drug-likeness (QED) is 0.598. The number of ether oxygens (including phenoxy) is 3. The van der Waals surface area contributed by atoms with Crippen LogP contribution in [0.1, 0.15) is 18.1 Å². The van der Waals surface area contributed by atoms with Gasteiger partial charge in [-0.15, -0.1) is 0 Å². The lowest BCUT2D eigenvalue weighted by Crippen LogP contribution is -2.22. The molecule has 0 radical (unpaired) electrons. The van der Waals surface area contributed by atoms with E-state index in [1.54, 1.807) is 12.1 Å². The number of rotatable bonds is 6. The number of allylic oxidation sites excluding steroid dienone is 1. The Labute approximate surface area is 126 Å². The maximum absolute atomic E-state index is 12.8. The number of carbonyl (C=O) groups is 1. The van der Waals surface area contributed by atoms with Crippen molar-refractivity contribution < 1.29 is 27.8 Å². The van der Waals surface area contributed by atoms with Crippen molar-refractivity contribution >= 4 is 11.5 Å². The minimum atomic E-state index is -3.03. The molecule has 1 fully saturated rings. The zero-order chi connectivity index (χ0) is 15.7. The Bertz CT molecular complexity index is 615. The Morgan fingerprint density at radius 3 is 2.91 bits per heavy atom. The van der Waals surface area contributed by atoms with Gasteiger partial charge in [0.15, 0.2) is 6.61 Å². The Hall–Kier alpha value is -1.95. The number of hydrogen-bond donors (Lipinski definition) is 0. The average molecular weight is 310 g/mol. The maximum atomic E-state index is 12.8. The number of epoxide rings is 1. The molecule has 4 nitrogen and oxygen atoms in total. The Morgan fingerprint density at radius 1 is 1.45 bits per heavy atom. The summed E-state index contributed by atoms with van der Waals surface area (Å²) in [7, 11) is 0. The molecule has 1 aliphatic carbocycles. The minimum Gasteiger partial charge on any atom is -0.491 e. The second-order valence-corrected chi connectivity index (χ2v) is 5.55. The molecule has 22 heavy (non-hydrogen) atoms. The van der Waals surface area contributed by atoms with E-state index in [2.05, 4.69) is 4.74 Å². The van der Waals surface area contributed by atoms with Crippen molar-refractivity contribution in [2.24, 2.45) is 0 Å². The highest BCUT2D eigenvalue weighted by atomic mass is 19.3. The number of carbonyl (C=O) groups excluding carboxylic acids is 1. The van der Waals surface area contributed by atoms with Crippen molar-refractivity contribution in [2.45, 2.75) is 25.4 Å². The Morgan fingerprint density at radius 2 is 2.23 bits per heavy atom. The third kappa shape index (κ3) is 3.62. The van der Waals surface area contributed by atoms with E-state index in [0.717, 1.165) is 5.56 Å². The van der Waals surface area contributed by atoms with Crippen LogP contribution in [0.3, 0.4) is 0 Å². The van der Waals surface area contributed by atoms with Gasteiger partial charge in [-0.25, -0.2) is 13.6 Å². The van der Waals surface area contributed by atoms with Crippen molar-refractivity contribution in [2.75, 3.05) is 19.8 Å². The summed E-state index contributed by atoms with van der Waals surface area (Å²) in [5.41, 5.74) is 1.94. The van der Waals surface area contributed by atoms with Gasteiger partial charge in [-0.05, 0) is 29.7 Å². The molecule has 0 saturated carbocycles. The van der Waals surface area contributed by atoms with Gasteiger partial charge in [0.1, 0.15) is 18.5 Å². The molecule has 0 N–H and O–H groups in total. The first-order valence-electron chi connectivity index (χ1n) is 7.05. The highest BCUT2D eigenvalue weighted by Gasteiger charge is 2.28. The summed E-state index contributed by atoms with van der Waals surface area (Å²) < 4.78 is 40.9. The van der Waals surface area contributed by atoms with E-state index in [9.17, 15) is 13.6 Å². The molecular weight excluding hydrogens is 294 g/mol. The highest BCUT2D eigenvalue weighted by Crippen LogP contribution is 2.32. The van der Waals surface area contributed by atoms with Gasteiger partial charge in [0, 0.05) is 6.92 Å². The number of halogens is 2. The minimum absolute atomic E-state index is 0.139. The Kier molecular flexibility index (Phi) is 3.87. The first kappa shape index (κ1) is 15.0. The van der Waals surface area contributed by atoms with Crippen LogP contribution >= 0.6 is 0 Å². The van der Waals surface area contributed by atoms with Crippen LogP contribution in [-0.4, -0.2) is 37.8 Å². The number of esters is 1. The van der Waals surface area contributed by atoms with Gasteiger partial charge in [0.25, 0.3) is 5.92 Å². The van der Waals surface area contributed by atoms with Crippen LogP contribution in [-0.2, 0) is 20.7 Å². The molecule has 1 aliphatic heterocycles. The van der Waals surface area contributed by atoms with Crippen molar-refractivity contribution in [3.05, 3.63) is 35.4 Å². The molecule has 0 amide bonds. The standard InChI is InChI=1S/C16H16F2O4/c1-16(17,18)9-22-15(19)13-5-3-10-2-4-11(6-14(10)13)20-7-12-8-21-12/h2,4-6,12H,3,7-9H2,1H3. The van der Waals surface area contributed by atoms with E-state index in [-0.39, 0.29) is 6.10 Å². The summed E-state index contributed by atoms with van der Waals surface area (Å²) in [5, 5.41) is 0. The summed E-state index contributed by atoms with van der Waals surface area (Å²) >= 11 is 0. The van der Waals surface area contributed by atoms with E-state index in [1.165, 1.54) is 0 Å². The lowest BCUT2D eigenvalue weighted by molar-refractivity contribution is -0.146. The molecule has 1 aromatic rings. The summed E-state index contributed by atoms with van der Waals surface area (Å²) in [6.07, 6.45) is 2.41. The molecule has 0 aromatic heterocycles. The fourth-order valence-electron chi connectivity index (χ4n) is 2.21. The zero-order valence-corrected chi connectivity index (χ0v) is 12.1. The SMILES string of the molecule is CC(F)(F)COC(=O)C1=CCc2ccc(OCC3CO3)cc21. The van der Waals surface area contributed by atoms with Gasteiger partial charge in [-0.2, -0.15) is 0 Å². The number of hydrogen-bond acceptors (Lipinski definition) is 4. The summed E-state index contributed by atoms with van der Waals surface area (Å²) in [6.45, 7) is 0.953. The third-order valence-corrected chi connectivity index (χ3v) is 3.41. The molecule has 1 atom stereocenters. The van der Waals surface area contributed by atoms with Crippen LogP contribution in [0.4, 0.5) is 8.78 Å². The van der Waals surface area contributed by atoms with Gasteiger partial charge in [-0.1, -0.05) is 12.1 Å². The van der Waals surface area contributed by atoms with Crippen LogP contribution in [0.5, 0.6) is 5.75 Å². The first-order chi connectivity index (χ1) is 10.4. The predicted molar refractivity (Wildman–Crippen MR) is 74.9 cm³/mol. The number of fused-ring (bicyclic) bond motifs is 1. The molecule has 1 heterocycles. The van der Waals surface area contributed by atoms with Crippen LogP contribution in [0.25, 0.3) is 5.57 Å². The fraction of sp³-hybridized carbons (Fsp3) is 0.438. The predicted octanol–water partition coefficient (Wildman–Crippen LogP) is 2.60. The topological polar surface area (TPSA) is 48.1 Å². The summed E-state index contributed by atoms with van der Waals surface area (Å²) in [6, 6.07) is 5.43. The molecule has 6 heteroatoms. The van der Waals surface area contributed by atoms with Crippen LogP contribution in [0, 0.1) is 0 Å². The molecule has 0 bridgehead atoms. The van der Waals surface area contributed by atoms with Crippen molar-refractivity contribution in [1.29, 1.82) is 0 Å². The number of alkyl halides is 2. The number of benzene rings is 1. The largest absolute Gasteiger partial charge is 0.491 e. The normalized spacial score (nSPS) is 19.4. The first-order valence-corrected chi connectivity index (χ1v) is 7.05. The van der Waals surface area contributed by atoms with Crippen molar-refractivity contribution in [3.63, 3.8) is 0 Å². The molecule has 118 valence electrons. The molecule has 1 aromatic carbocycles. The molecule has 1 saturated heterocycles. The van der Waals surface area contributed by atoms with Crippen molar-refractivity contribution in [3.8, 4) is 5.75 Å².